The van der Waals surface area contributed by atoms with Gasteiger partial charge in [-0.25, -0.2) is 0 Å². The van der Waals surface area contributed by atoms with Crippen molar-refractivity contribution in [1.82, 2.24) is 10.4 Å². The SMILES string of the molecule is CC(C)COCCNN(C)C. The second-order valence-corrected chi connectivity index (χ2v) is 3.27. The van der Waals surface area contributed by atoms with Gasteiger partial charge in [0.25, 0.3) is 0 Å². The lowest BCUT2D eigenvalue weighted by atomic mass is 10.2. The van der Waals surface area contributed by atoms with Crippen LogP contribution in [0, 0.1) is 5.92 Å². The molecule has 0 radical (unpaired) electrons. The fourth-order valence-corrected chi connectivity index (χ4v) is 0.660. The third kappa shape index (κ3) is 9.88. The fraction of sp³-hybridized carbons (Fsp3) is 1.00. The minimum atomic E-state index is 0.634. The number of nitrogens with one attached hydrogen (secondary N) is 1. The average Bonchev–Trinajstić information content (AvgIpc) is 1.85. The number of ether oxygens (including phenoxy) is 1. The van der Waals surface area contributed by atoms with Crippen molar-refractivity contribution in [2.45, 2.75) is 13.8 Å². The van der Waals surface area contributed by atoms with Gasteiger partial charge in [0.05, 0.1) is 6.61 Å². The van der Waals surface area contributed by atoms with Crippen molar-refractivity contribution in [3.63, 3.8) is 0 Å². The van der Waals surface area contributed by atoms with Gasteiger partial charge in [0.1, 0.15) is 0 Å². The van der Waals surface area contributed by atoms with Crippen molar-refractivity contribution >= 4 is 0 Å². The van der Waals surface area contributed by atoms with E-state index in [1.165, 1.54) is 0 Å². The summed E-state index contributed by atoms with van der Waals surface area (Å²) in [6.07, 6.45) is 0. The van der Waals surface area contributed by atoms with Gasteiger partial charge in [0.2, 0.25) is 0 Å². The van der Waals surface area contributed by atoms with Crippen LogP contribution in [-0.4, -0.2) is 38.9 Å². The van der Waals surface area contributed by atoms with E-state index in [9.17, 15) is 0 Å². The highest BCUT2D eigenvalue weighted by molar-refractivity contribution is 4.41. The van der Waals surface area contributed by atoms with Gasteiger partial charge in [-0.05, 0) is 5.92 Å². The maximum absolute atomic E-state index is 5.36. The summed E-state index contributed by atoms with van der Waals surface area (Å²) in [4.78, 5) is 0. The maximum Gasteiger partial charge on any atom is 0.0605 e. The molecule has 0 unspecified atom stereocenters. The molecule has 0 spiro atoms. The molecule has 0 bridgehead atoms. The van der Waals surface area contributed by atoms with Crippen molar-refractivity contribution in [3.05, 3.63) is 0 Å². The Hall–Kier alpha value is -0.120. The van der Waals surface area contributed by atoms with Crippen LogP contribution >= 0.6 is 0 Å². The summed E-state index contributed by atoms with van der Waals surface area (Å²) >= 11 is 0. The highest BCUT2D eigenvalue weighted by atomic mass is 16.5. The average molecular weight is 160 g/mol. The molecule has 0 fully saturated rings. The first kappa shape index (κ1) is 10.9. The minimum absolute atomic E-state index is 0.634. The van der Waals surface area contributed by atoms with Gasteiger partial charge in [-0.2, -0.15) is 0 Å². The van der Waals surface area contributed by atoms with E-state index in [1.54, 1.807) is 0 Å². The largest absolute Gasteiger partial charge is 0.380 e. The Kier molecular flexibility index (Phi) is 6.51. The number of hydrazine groups is 1. The van der Waals surface area contributed by atoms with Gasteiger partial charge < -0.3 is 4.74 Å². The summed E-state index contributed by atoms with van der Waals surface area (Å²) in [6, 6.07) is 0. The van der Waals surface area contributed by atoms with Crippen LogP contribution in [-0.2, 0) is 4.74 Å². The molecule has 0 amide bonds. The summed E-state index contributed by atoms with van der Waals surface area (Å²) in [5.41, 5.74) is 3.13. The van der Waals surface area contributed by atoms with Gasteiger partial charge in [0, 0.05) is 27.2 Å². The molecular weight excluding hydrogens is 140 g/mol. The predicted molar refractivity (Wildman–Crippen MR) is 47.3 cm³/mol. The zero-order chi connectivity index (χ0) is 8.69. The summed E-state index contributed by atoms with van der Waals surface area (Å²) in [6.45, 7) is 6.84. The molecule has 0 heterocycles. The van der Waals surface area contributed by atoms with E-state index in [-0.39, 0.29) is 0 Å². The number of hydrogen-bond acceptors (Lipinski definition) is 3. The molecule has 3 nitrogen and oxygen atoms in total. The molecule has 0 atom stereocenters. The number of rotatable bonds is 6. The zero-order valence-corrected chi connectivity index (χ0v) is 8.05. The molecular formula is C8H20N2O. The lowest BCUT2D eigenvalue weighted by molar-refractivity contribution is 0.0996. The van der Waals surface area contributed by atoms with E-state index in [4.69, 9.17) is 4.74 Å². The third-order valence-electron chi connectivity index (χ3n) is 1.13. The van der Waals surface area contributed by atoms with Crippen LogP contribution in [0.15, 0.2) is 0 Å². The number of nitrogens with zero attached hydrogens (tertiary/aromatic N) is 1. The van der Waals surface area contributed by atoms with Crippen molar-refractivity contribution in [2.24, 2.45) is 5.92 Å². The van der Waals surface area contributed by atoms with Crippen LogP contribution in [0.2, 0.25) is 0 Å². The molecule has 0 aliphatic heterocycles. The van der Waals surface area contributed by atoms with Crippen LogP contribution in [0.1, 0.15) is 13.8 Å². The topological polar surface area (TPSA) is 24.5 Å². The van der Waals surface area contributed by atoms with Crippen LogP contribution < -0.4 is 5.43 Å². The summed E-state index contributed by atoms with van der Waals surface area (Å²) in [5, 5.41) is 1.93. The van der Waals surface area contributed by atoms with Crippen molar-refractivity contribution in [3.8, 4) is 0 Å². The number of hydrogen-bond donors (Lipinski definition) is 1. The standard InChI is InChI=1S/C8H20N2O/c1-8(2)7-11-6-5-9-10(3)4/h8-9H,5-7H2,1-4H3. The Morgan fingerprint density at radius 2 is 2.00 bits per heavy atom. The van der Waals surface area contributed by atoms with Gasteiger partial charge in [-0.3, -0.25) is 10.4 Å². The molecule has 11 heavy (non-hydrogen) atoms. The van der Waals surface area contributed by atoms with E-state index >= 15 is 0 Å². The van der Waals surface area contributed by atoms with Crippen LogP contribution in [0.5, 0.6) is 0 Å². The Labute approximate surface area is 69.7 Å². The third-order valence-corrected chi connectivity index (χ3v) is 1.13. The summed E-state index contributed by atoms with van der Waals surface area (Å²) in [5.74, 6) is 0.634. The lowest BCUT2D eigenvalue weighted by Crippen LogP contribution is -2.33. The highest BCUT2D eigenvalue weighted by Gasteiger charge is 1.93. The fourth-order valence-electron chi connectivity index (χ4n) is 0.660. The van der Waals surface area contributed by atoms with E-state index in [0.717, 1.165) is 19.8 Å². The first-order valence-corrected chi connectivity index (χ1v) is 4.11. The van der Waals surface area contributed by atoms with Gasteiger partial charge in [0.15, 0.2) is 0 Å². The zero-order valence-electron chi connectivity index (χ0n) is 8.05. The van der Waals surface area contributed by atoms with E-state index in [2.05, 4.69) is 19.3 Å². The molecule has 0 aliphatic rings. The molecule has 0 saturated carbocycles. The maximum atomic E-state index is 5.36. The molecule has 0 aliphatic carbocycles. The molecule has 0 aromatic carbocycles. The van der Waals surface area contributed by atoms with E-state index in [0.29, 0.717) is 5.92 Å². The summed E-state index contributed by atoms with van der Waals surface area (Å²) in [7, 11) is 3.95. The highest BCUT2D eigenvalue weighted by Crippen LogP contribution is 1.90. The van der Waals surface area contributed by atoms with E-state index in [1.807, 2.05) is 19.1 Å². The molecule has 1 N–H and O–H groups in total. The lowest BCUT2D eigenvalue weighted by Gasteiger charge is -2.12. The predicted octanol–water partition coefficient (Wildman–Crippen LogP) is 0.725. The smallest absolute Gasteiger partial charge is 0.0605 e. The van der Waals surface area contributed by atoms with Crippen LogP contribution in [0.4, 0.5) is 0 Å². The molecule has 3 heteroatoms. The first-order valence-electron chi connectivity index (χ1n) is 4.11. The normalized spacial score (nSPS) is 11.5. The molecule has 0 aromatic rings. The van der Waals surface area contributed by atoms with Crippen LogP contribution in [0.3, 0.4) is 0 Å². The second-order valence-electron chi connectivity index (χ2n) is 3.27. The first-order chi connectivity index (χ1) is 5.13. The van der Waals surface area contributed by atoms with Crippen molar-refractivity contribution < 1.29 is 4.74 Å². The Bertz CT molecular complexity index is 74.2. The Morgan fingerprint density at radius 1 is 1.36 bits per heavy atom. The van der Waals surface area contributed by atoms with Gasteiger partial charge in [-0.1, -0.05) is 13.8 Å². The molecule has 0 saturated heterocycles. The van der Waals surface area contributed by atoms with Crippen LogP contribution in [0.25, 0.3) is 0 Å². The summed E-state index contributed by atoms with van der Waals surface area (Å²) < 4.78 is 5.36. The van der Waals surface area contributed by atoms with Crippen molar-refractivity contribution in [2.75, 3.05) is 33.9 Å². The minimum Gasteiger partial charge on any atom is -0.380 e. The Balaban J connectivity index is 2.91. The van der Waals surface area contributed by atoms with Gasteiger partial charge >= 0.3 is 0 Å². The molecule has 0 rings (SSSR count). The molecule has 68 valence electrons. The monoisotopic (exact) mass is 160 g/mol. The van der Waals surface area contributed by atoms with Gasteiger partial charge in [-0.15, -0.1) is 0 Å². The van der Waals surface area contributed by atoms with Crippen molar-refractivity contribution in [1.29, 1.82) is 0 Å². The second kappa shape index (κ2) is 6.58. The quantitative estimate of drug-likeness (QED) is 0.458. The van der Waals surface area contributed by atoms with E-state index < -0.39 is 0 Å². The Morgan fingerprint density at radius 3 is 2.45 bits per heavy atom. The molecule has 0 aromatic heterocycles.